The zero-order valence-electron chi connectivity index (χ0n) is 11.5. The number of hydrogen-bond acceptors (Lipinski definition) is 5. The van der Waals surface area contributed by atoms with E-state index >= 15 is 0 Å². The van der Waals surface area contributed by atoms with Crippen LogP contribution in [0.5, 0.6) is 0 Å². The molecule has 0 bridgehead atoms. The van der Waals surface area contributed by atoms with Gasteiger partial charge in [0, 0.05) is 26.1 Å². The van der Waals surface area contributed by atoms with Crippen LogP contribution in [0.1, 0.15) is 18.6 Å². The summed E-state index contributed by atoms with van der Waals surface area (Å²) >= 11 is 0. The van der Waals surface area contributed by atoms with Crippen LogP contribution in [0.3, 0.4) is 0 Å². The highest BCUT2D eigenvalue weighted by Crippen LogP contribution is 2.22. The average Bonchev–Trinajstić information content (AvgIpc) is 2.95. The highest BCUT2D eigenvalue weighted by molar-refractivity contribution is 5.77. The average molecular weight is 282 g/mol. The van der Waals surface area contributed by atoms with Gasteiger partial charge in [0.2, 0.25) is 5.89 Å². The quantitative estimate of drug-likeness (QED) is 0.821. The Morgan fingerprint density at radius 1 is 1.50 bits per heavy atom. The van der Waals surface area contributed by atoms with Crippen molar-refractivity contribution in [1.29, 1.82) is 0 Å². The molecule has 1 aromatic rings. The van der Waals surface area contributed by atoms with E-state index in [9.17, 15) is 9.59 Å². The van der Waals surface area contributed by atoms with Crippen molar-refractivity contribution < 1.29 is 19.2 Å². The SMILES string of the molecule is Cc1noc(CCNC(=O)N2C[C@@H](C)[C@H](C(=O)O)C2)n1. The smallest absolute Gasteiger partial charge is 0.317 e. The van der Waals surface area contributed by atoms with E-state index in [1.807, 2.05) is 6.92 Å². The monoisotopic (exact) mass is 282 g/mol. The standard InChI is InChI=1S/C12H18N4O4/c1-7-5-16(6-9(7)11(17)18)12(19)13-4-3-10-14-8(2)15-20-10/h7,9H,3-6H2,1-2H3,(H,13,19)(H,17,18)/t7-,9-/m1/s1. The third kappa shape index (κ3) is 3.25. The molecule has 0 aromatic carbocycles. The first-order chi connectivity index (χ1) is 9.47. The zero-order valence-corrected chi connectivity index (χ0v) is 11.5. The number of carboxylic acid groups (broad SMARTS) is 1. The Kier molecular flexibility index (Phi) is 4.21. The minimum Gasteiger partial charge on any atom is -0.481 e. The molecule has 1 fully saturated rings. The Balaban J connectivity index is 1.77. The van der Waals surface area contributed by atoms with Gasteiger partial charge in [-0.15, -0.1) is 0 Å². The number of amides is 2. The number of aliphatic carboxylic acids is 1. The fourth-order valence-electron chi connectivity index (χ4n) is 2.28. The van der Waals surface area contributed by atoms with Gasteiger partial charge in [0.15, 0.2) is 5.82 Å². The predicted octanol–water partition coefficient (Wildman–Crippen LogP) is 0.283. The van der Waals surface area contributed by atoms with E-state index in [0.717, 1.165) is 0 Å². The normalized spacial score (nSPS) is 22.0. The number of nitrogens with one attached hydrogen (secondary N) is 1. The number of rotatable bonds is 4. The van der Waals surface area contributed by atoms with Gasteiger partial charge in [0.25, 0.3) is 0 Å². The van der Waals surface area contributed by atoms with E-state index in [1.54, 1.807) is 6.92 Å². The van der Waals surface area contributed by atoms with Crippen molar-refractivity contribution >= 4 is 12.0 Å². The lowest BCUT2D eigenvalue weighted by molar-refractivity contribution is -0.142. The van der Waals surface area contributed by atoms with Gasteiger partial charge in [-0.1, -0.05) is 12.1 Å². The summed E-state index contributed by atoms with van der Waals surface area (Å²) in [6, 6.07) is -0.253. The van der Waals surface area contributed by atoms with Crippen molar-refractivity contribution in [3.8, 4) is 0 Å². The number of carboxylic acids is 1. The van der Waals surface area contributed by atoms with E-state index < -0.39 is 11.9 Å². The lowest BCUT2D eigenvalue weighted by Crippen LogP contribution is -2.39. The maximum atomic E-state index is 11.9. The Bertz CT molecular complexity index is 501. The largest absolute Gasteiger partial charge is 0.481 e. The van der Waals surface area contributed by atoms with Crippen LogP contribution < -0.4 is 5.32 Å². The molecule has 0 aliphatic carbocycles. The van der Waals surface area contributed by atoms with Gasteiger partial charge < -0.3 is 19.8 Å². The molecule has 0 unspecified atom stereocenters. The van der Waals surface area contributed by atoms with Crippen molar-refractivity contribution in [2.75, 3.05) is 19.6 Å². The maximum absolute atomic E-state index is 11.9. The summed E-state index contributed by atoms with van der Waals surface area (Å²) in [5, 5.41) is 15.4. The number of carbonyl (C=O) groups is 2. The molecule has 20 heavy (non-hydrogen) atoms. The zero-order chi connectivity index (χ0) is 14.7. The third-order valence-corrected chi connectivity index (χ3v) is 3.40. The van der Waals surface area contributed by atoms with Gasteiger partial charge in [-0.25, -0.2) is 4.79 Å². The molecule has 2 N–H and O–H groups in total. The Labute approximate surface area is 116 Å². The minimum atomic E-state index is -0.853. The molecule has 0 radical (unpaired) electrons. The summed E-state index contributed by atoms with van der Waals surface area (Å²) in [6.07, 6.45) is 0.457. The molecule has 8 nitrogen and oxygen atoms in total. The molecule has 0 spiro atoms. The highest BCUT2D eigenvalue weighted by atomic mass is 16.5. The van der Waals surface area contributed by atoms with Crippen molar-refractivity contribution in [2.45, 2.75) is 20.3 Å². The second-order valence-corrected chi connectivity index (χ2v) is 5.04. The predicted molar refractivity (Wildman–Crippen MR) is 68.0 cm³/mol. The molecule has 2 heterocycles. The number of likely N-dealkylation sites (tertiary alicyclic amines) is 1. The number of carbonyl (C=O) groups excluding carboxylic acids is 1. The van der Waals surface area contributed by atoms with Crippen LogP contribution in [-0.2, 0) is 11.2 Å². The number of aromatic nitrogens is 2. The van der Waals surface area contributed by atoms with Gasteiger partial charge in [0.1, 0.15) is 0 Å². The lowest BCUT2D eigenvalue weighted by atomic mass is 9.99. The fraction of sp³-hybridized carbons (Fsp3) is 0.667. The summed E-state index contributed by atoms with van der Waals surface area (Å²) < 4.78 is 4.93. The molecular formula is C12H18N4O4. The number of urea groups is 1. The topological polar surface area (TPSA) is 109 Å². The van der Waals surface area contributed by atoms with Crippen LogP contribution in [0.25, 0.3) is 0 Å². The molecule has 8 heteroatoms. The van der Waals surface area contributed by atoms with Crippen LogP contribution >= 0.6 is 0 Å². The van der Waals surface area contributed by atoms with Crippen molar-refractivity contribution in [2.24, 2.45) is 11.8 Å². The summed E-state index contributed by atoms with van der Waals surface area (Å²) in [7, 11) is 0. The van der Waals surface area contributed by atoms with Gasteiger partial charge in [-0.2, -0.15) is 4.98 Å². The fourth-order valence-corrected chi connectivity index (χ4v) is 2.28. The van der Waals surface area contributed by atoms with E-state index in [1.165, 1.54) is 4.90 Å². The Hall–Kier alpha value is -2.12. The van der Waals surface area contributed by atoms with Crippen molar-refractivity contribution in [3.63, 3.8) is 0 Å². The molecule has 1 aliphatic rings. The molecular weight excluding hydrogens is 264 g/mol. The number of aryl methyl sites for hydroxylation is 1. The summed E-state index contributed by atoms with van der Waals surface area (Å²) in [5.41, 5.74) is 0. The molecule has 1 saturated heterocycles. The Morgan fingerprint density at radius 3 is 2.80 bits per heavy atom. The van der Waals surface area contributed by atoms with Gasteiger partial charge in [-0.05, 0) is 12.8 Å². The van der Waals surface area contributed by atoms with E-state index in [2.05, 4.69) is 15.5 Å². The van der Waals surface area contributed by atoms with E-state index in [4.69, 9.17) is 9.63 Å². The van der Waals surface area contributed by atoms with Crippen LogP contribution in [0.15, 0.2) is 4.52 Å². The summed E-state index contributed by atoms with van der Waals surface area (Å²) in [5.74, 6) is -0.338. The molecule has 0 saturated carbocycles. The first-order valence-electron chi connectivity index (χ1n) is 6.52. The summed E-state index contributed by atoms with van der Waals surface area (Å²) in [4.78, 5) is 28.5. The van der Waals surface area contributed by atoms with Crippen LogP contribution in [0, 0.1) is 18.8 Å². The molecule has 1 aliphatic heterocycles. The Morgan fingerprint density at radius 2 is 2.25 bits per heavy atom. The van der Waals surface area contributed by atoms with Gasteiger partial charge in [0.05, 0.1) is 5.92 Å². The van der Waals surface area contributed by atoms with E-state index in [-0.39, 0.29) is 18.5 Å². The second kappa shape index (κ2) is 5.89. The van der Waals surface area contributed by atoms with Crippen molar-refractivity contribution in [3.05, 3.63) is 11.7 Å². The molecule has 2 rings (SSSR count). The van der Waals surface area contributed by atoms with Crippen LogP contribution in [0.2, 0.25) is 0 Å². The molecule has 110 valence electrons. The molecule has 2 atom stereocenters. The first kappa shape index (κ1) is 14.3. The minimum absolute atomic E-state index is 0.0307. The first-order valence-corrected chi connectivity index (χ1v) is 6.52. The second-order valence-electron chi connectivity index (χ2n) is 5.04. The third-order valence-electron chi connectivity index (χ3n) is 3.40. The molecule has 1 aromatic heterocycles. The number of hydrogen-bond donors (Lipinski definition) is 2. The van der Waals surface area contributed by atoms with Gasteiger partial charge >= 0.3 is 12.0 Å². The number of nitrogens with zero attached hydrogens (tertiary/aromatic N) is 3. The lowest BCUT2D eigenvalue weighted by Gasteiger charge is -2.16. The van der Waals surface area contributed by atoms with Crippen molar-refractivity contribution in [1.82, 2.24) is 20.4 Å². The van der Waals surface area contributed by atoms with E-state index in [0.29, 0.717) is 31.2 Å². The van der Waals surface area contributed by atoms with Crippen LogP contribution in [-0.4, -0.2) is 51.8 Å². The summed E-state index contributed by atoms with van der Waals surface area (Å²) in [6.45, 7) is 4.66. The van der Waals surface area contributed by atoms with Gasteiger partial charge in [-0.3, -0.25) is 4.79 Å². The molecule has 2 amide bonds. The maximum Gasteiger partial charge on any atom is 0.317 e. The van der Waals surface area contributed by atoms with Crippen LogP contribution in [0.4, 0.5) is 4.79 Å². The highest BCUT2D eigenvalue weighted by Gasteiger charge is 2.36.